The molecule has 120 valence electrons. The summed E-state index contributed by atoms with van der Waals surface area (Å²) < 4.78 is 0. The number of nitrogens with one attached hydrogen (secondary N) is 1. The molecule has 0 aromatic rings. The Morgan fingerprint density at radius 1 is 0.952 bits per heavy atom. The predicted octanol–water partition coefficient (Wildman–Crippen LogP) is 1.85. The molecule has 0 aromatic carbocycles. The van der Waals surface area contributed by atoms with Gasteiger partial charge in [-0.2, -0.15) is 0 Å². The SMILES string of the molecule is CC(C)(C(=O)N1CCC2(CCCC2)CC1)N1CCNCC1. The summed E-state index contributed by atoms with van der Waals surface area (Å²) in [5.74, 6) is 0.345. The summed E-state index contributed by atoms with van der Waals surface area (Å²) >= 11 is 0. The number of piperazine rings is 1. The Morgan fingerprint density at radius 3 is 2.10 bits per heavy atom. The lowest BCUT2D eigenvalue weighted by Crippen LogP contribution is -2.61. The maximum Gasteiger partial charge on any atom is 0.242 e. The number of hydrogen-bond donors (Lipinski definition) is 1. The van der Waals surface area contributed by atoms with Crippen LogP contribution in [0.2, 0.25) is 0 Å². The third kappa shape index (κ3) is 2.98. The van der Waals surface area contributed by atoms with Gasteiger partial charge in [-0.25, -0.2) is 0 Å². The van der Waals surface area contributed by atoms with Crippen LogP contribution in [0.25, 0.3) is 0 Å². The Hall–Kier alpha value is -0.610. The van der Waals surface area contributed by atoms with E-state index in [1.54, 1.807) is 0 Å². The zero-order chi connectivity index (χ0) is 14.9. The molecule has 2 heterocycles. The fraction of sp³-hybridized carbons (Fsp3) is 0.941. The van der Waals surface area contributed by atoms with E-state index in [0.717, 1.165) is 39.3 Å². The second kappa shape index (κ2) is 5.88. The number of likely N-dealkylation sites (tertiary alicyclic amines) is 1. The minimum Gasteiger partial charge on any atom is -0.341 e. The Bertz CT molecular complexity index is 371. The van der Waals surface area contributed by atoms with Gasteiger partial charge in [-0.1, -0.05) is 12.8 Å². The molecule has 0 aromatic heterocycles. The second-order valence-corrected chi connectivity index (χ2v) is 7.80. The van der Waals surface area contributed by atoms with E-state index in [1.165, 1.54) is 38.5 Å². The van der Waals surface area contributed by atoms with Crippen molar-refractivity contribution < 1.29 is 4.79 Å². The van der Waals surface area contributed by atoms with Crippen LogP contribution in [0.1, 0.15) is 52.4 Å². The van der Waals surface area contributed by atoms with Crippen molar-refractivity contribution in [3.05, 3.63) is 0 Å². The highest BCUT2D eigenvalue weighted by atomic mass is 16.2. The molecule has 3 aliphatic rings. The normalized spacial score (nSPS) is 27.2. The lowest BCUT2D eigenvalue weighted by atomic mass is 9.77. The van der Waals surface area contributed by atoms with Crippen LogP contribution in [-0.4, -0.2) is 60.5 Å². The molecule has 21 heavy (non-hydrogen) atoms. The fourth-order valence-electron chi connectivity index (χ4n) is 4.56. The zero-order valence-electron chi connectivity index (χ0n) is 13.8. The summed E-state index contributed by atoms with van der Waals surface area (Å²) in [6.07, 6.45) is 8.07. The zero-order valence-corrected chi connectivity index (χ0v) is 13.8. The highest BCUT2D eigenvalue weighted by molar-refractivity contribution is 5.85. The highest BCUT2D eigenvalue weighted by Gasteiger charge is 2.42. The number of piperidine rings is 1. The summed E-state index contributed by atoms with van der Waals surface area (Å²) in [6, 6.07) is 0. The van der Waals surface area contributed by atoms with Gasteiger partial charge in [0.15, 0.2) is 0 Å². The predicted molar refractivity (Wildman–Crippen MR) is 85.2 cm³/mol. The Balaban J connectivity index is 1.60. The van der Waals surface area contributed by atoms with Gasteiger partial charge in [-0.15, -0.1) is 0 Å². The smallest absolute Gasteiger partial charge is 0.242 e. The average Bonchev–Trinajstić information content (AvgIpc) is 2.96. The molecular formula is C17H31N3O. The molecule has 1 aliphatic carbocycles. The van der Waals surface area contributed by atoms with Crippen LogP contribution in [0.5, 0.6) is 0 Å². The molecule has 0 radical (unpaired) electrons. The Labute approximate surface area is 129 Å². The standard InChI is InChI=1S/C17H31N3O/c1-16(2,20-13-9-18-10-14-20)15(21)19-11-7-17(8-12-19)5-3-4-6-17/h18H,3-14H2,1-2H3. The van der Waals surface area contributed by atoms with Gasteiger partial charge in [0.05, 0.1) is 5.54 Å². The van der Waals surface area contributed by atoms with E-state index in [9.17, 15) is 4.79 Å². The molecule has 2 saturated heterocycles. The monoisotopic (exact) mass is 293 g/mol. The molecule has 3 fully saturated rings. The van der Waals surface area contributed by atoms with Gasteiger partial charge in [0, 0.05) is 39.3 Å². The first-order valence-electron chi connectivity index (χ1n) is 8.79. The quantitative estimate of drug-likeness (QED) is 0.844. The third-order valence-electron chi connectivity index (χ3n) is 6.21. The van der Waals surface area contributed by atoms with Crippen LogP contribution < -0.4 is 5.32 Å². The molecule has 4 nitrogen and oxygen atoms in total. The van der Waals surface area contributed by atoms with Crippen molar-refractivity contribution in [3.8, 4) is 0 Å². The van der Waals surface area contributed by atoms with Crippen LogP contribution in [0.4, 0.5) is 0 Å². The van der Waals surface area contributed by atoms with E-state index in [1.807, 2.05) is 0 Å². The molecule has 1 spiro atoms. The maximum atomic E-state index is 13.0. The van der Waals surface area contributed by atoms with Crippen LogP contribution in [0.15, 0.2) is 0 Å². The van der Waals surface area contributed by atoms with E-state index >= 15 is 0 Å². The van der Waals surface area contributed by atoms with Crippen molar-refractivity contribution in [1.29, 1.82) is 0 Å². The van der Waals surface area contributed by atoms with Crippen molar-refractivity contribution >= 4 is 5.91 Å². The van der Waals surface area contributed by atoms with Crippen LogP contribution in [-0.2, 0) is 4.79 Å². The third-order valence-corrected chi connectivity index (χ3v) is 6.21. The van der Waals surface area contributed by atoms with Crippen molar-refractivity contribution in [2.75, 3.05) is 39.3 Å². The minimum absolute atomic E-state index is 0.345. The molecule has 1 amide bonds. The summed E-state index contributed by atoms with van der Waals surface area (Å²) in [5.41, 5.74) is 0.248. The van der Waals surface area contributed by atoms with Gasteiger partial charge < -0.3 is 10.2 Å². The lowest BCUT2D eigenvalue weighted by molar-refractivity contribution is -0.145. The number of carbonyl (C=O) groups is 1. The fourth-order valence-corrected chi connectivity index (χ4v) is 4.56. The van der Waals surface area contributed by atoms with E-state index < -0.39 is 0 Å². The summed E-state index contributed by atoms with van der Waals surface area (Å²) in [7, 11) is 0. The molecule has 4 heteroatoms. The maximum absolute atomic E-state index is 13.0. The molecule has 1 saturated carbocycles. The van der Waals surface area contributed by atoms with E-state index in [2.05, 4.69) is 29.0 Å². The summed E-state index contributed by atoms with van der Waals surface area (Å²) in [5, 5.41) is 3.37. The van der Waals surface area contributed by atoms with E-state index in [4.69, 9.17) is 0 Å². The van der Waals surface area contributed by atoms with Crippen LogP contribution in [0, 0.1) is 5.41 Å². The second-order valence-electron chi connectivity index (χ2n) is 7.80. The first-order chi connectivity index (χ1) is 10.0. The number of hydrogen-bond acceptors (Lipinski definition) is 3. The number of rotatable bonds is 2. The number of amides is 1. The highest BCUT2D eigenvalue weighted by Crippen LogP contribution is 2.46. The van der Waals surface area contributed by atoms with Crippen molar-refractivity contribution in [2.45, 2.75) is 57.9 Å². The Kier molecular flexibility index (Phi) is 4.28. The van der Waals surface area contributed by atoms with Crippen LogP contribution >= 0.6 is 0 Å². The molecule has 3 rings (SSSR count). The largest absolute Gasteiger partial charge is 0.341 e. The average molecular weight is 293 g/mol. The van der Waals surface area contributed by atoms with Crippen molar-refractivity contribution in [1.82, 2.24) is 15.1 Å². The molecule has 1 N–H and O–H groups in total. The molecule has 0 unspecified atom stereocenters. The van der Waals surface area contributed by atoms with E-state index in [-0.39, 0.29) is 5.54 Å². The number of carbonyl (C=O) groups excluding carboxylic acids is 1. The molecule has 2 aliphatic heterocycles. The summed E-state index contributed by atoms with van der Waals surface area (Å²) in [4.78, 5) is 17.5. The van der Waals surface area contributed by atoms with Gasteiger partial charge in [-0.05, 0) is 44.9 Å². The first kappa shape index (κ1) is 15.3. The molecule has 0 bridgehead atoms. The van der Waals surface area contributed by atoms with Gasteiger partial charge >= 0.3 is 0 Å². The van der Waals surface area contributed by atoms with Crippen molar-refractivity contribution in [3.63, 3.8) is 0 Å². The van der Waals surface area contributed by atoms with Gasteiger partial charge in [-0.3, -0.25) is 9.69 Å². The minimum atomic E-state index is -0.345. The summed E-state index contributed by atoms with van der Waals surface area (Å²) in [6.45, 7) is 10.1. The topological polar surface area (TPSA) is 35.6 Å². The lowest BCUT2D eigenvalue weighted by Gasteiger charge is -2.46. The van der Waals surface area contributed by atoms with Gasteiger partial charge in [0.25, 0.3) is 0 Å². The first-order valence-corrected chi connectivity index (χ1v) is 8.79. The van der Waals surface area contributed by atoms with E-state index in [0.29, 0.717) is 11.3 Å². The number of nitrogens with zero attached hydrogens (tertiary/aromatic N) is 2. The Morgan fingerprint density at radius 2 is 1.52 bits per heavy atom. The van der Waals surface area contributed by atoms with Crippen molar-refractivity contribution in [2.24, 2.45) is 5.41 Å². The molecular weight excluding hydrogens is 262 g/mol. The van der Waals surface area contributed by atoms with Gasteiger partial charge in [0.1, 0.15) is 0 Å². The van der Waals surface area contributed by atoms with Crippen LogP contribution in [0.3, 0.4) is 0 Å². The molecule has 0 atom stereocenters. The van der Waals surface area contributed by atoms with Gasteiger partial charge in [0.2, 0.25) is 5.91 Å².